The highest BCUT2D eigenvalue weighted by Gasteiger charge is 2.09. The predicted molar refractivity (Wildman–Crippen MR) is 71.2 cm³/mol. The Morgan fingerprint density at radius 2 is 1.94 bits per heavy atom. The summed E-state index contributed by atoms with van der Waals surface area (Å²) in [5.41, 5.74) is 2.58. The molecule has 2 aromatic rings. The fraction of sp³-hybridized carbons (Fsp3) is 0.214. The minimum atomic E-state index is -0.102. The van der Waals surface area contributed by atoms with E-state index in [9.17, 15) is 5.11 Å². The summed E-state index contributed by atoms with van der Waals surface area (Å²) in [6, 6.07) is 5.44. The van der Waals surface area contributed by atoms with Crippen molar-refractivity contribution in [2.45, 2.75) is 20.5 Å². The van der Waals surface area contributed by atoms with Gasteiger partial charge >= 0.3 is 0 Å². The molecule has 0 aliphatic rings. The lowest BCUT2D eigenvalue weighted by Crippen LogP contribution is -1.96. The lowest BCUT2D eigenvalue weighted by molar-refractivity contribution is 0.276. The van der Waals surface area contributed by atoms with Gasteiger partial charge in [-0.05, 0) is 43.2 Å². The van der Waals surface area contributed by atoms with Crippen LogP contribution in [0, 0.1) is 13.8 Å². The SMILES string of the molecule is Cc1cc(Cl)cc(C)c1Oc1ccncc1CO. The van der Waals surface area contributed by atoms with Crippen molar-refractivity contribution in [2.24, 2.45) is 0 Å². The number of pyridine rings is 1. The highest BCUT2D eigenvalue weighted by atomic mass is 35.5. The molecule has 0 unspecified atom stereocenters. The highest BCUT2D eigenvalue weighted by molar-refractivity contribution is 6.30. The van der Waals surface area contributed by atoms with Gasteiger partial charge < -0.3 is 9.84 Å². The molecule has 1 N–H and O–H groups in total. The summed E-state index contributed by atoms with van der Waals surface area (Å²) in [6.07, 6.45) is 3.23. The van der Waals surface area contributed by atoms with E-state index in [1.54, 1.807) is 18.5 Å². The summed E-state index contributed by atoms with van der Waals surface area (Å²) in [5.74, 6) is 1.38. The number of halogens is 1. The smallest absolute Gasteiger partial charge is 0.136 e. The molecule has 0 spiro atoms. The van der Waals surface area contributed by atoms with Gasteiger partial charge in [-0.15, -0.1) is 0 Å². The number of hydrogen-bond acceptors (Lipinski definition) is 3. The molecule has 0 atom stereocenters. The van der Waals surface area contributed by atoms with Crippen molar-refractivity contribution in [3.63, 3.8) is 0 Å². The molecule has 94 valence electrons. The molecular weight excluding hydrogens is 250 g/mol. The quantitative estimate of drug-likeness (QED) is 0.919. The predicted octanol–water partition coefficient (Wildman–Crippen LogP) is 3.64. The molecule has 0 saturated heterocycles. The second-order valence-electron chi connectivity index (χ2n) is 4.11. The first-order chi connectivity index (χ1) is 8.61. The van der Waals surface area contributed by atoms with E-state index in [0.717, 1.165) is 16.9 Å². The van der Waals surface area contributed by atoms with Gasteiger partial charge in [0.05, 0.1) is 6.61 Å². The molecule has 0 amide bonds. The fourth-order valence-electron chi connectivity index (χ4n) is 1.80. The van der Waals surface area contributed by atoms with Crippen molar-refractivity contribution >= 4 is 11.6 Å². The summed E-state index contributed by atoms with van der Waals surface area (Å²) < 4.78 is 5.86. The Kier molecular flexibility index (Phi) is 3.84. The Hall–Kier alpha value is -1.58. The molecule has 1 heterocycles. The van der Waals surface area contributed by atoms with E-state index < -0.39 is 0 Å². The molecule has 0 aliphatic heterocycles. The first-order valence-corrected chi connectivity index (χ1v) is 5.98. The monoisotopic (exact) mass is 263 g/mol. The van der Waals surface area contributed by atoms with Crippen LogP contribution in [0.3, 0.4) is 0 Å². The second kappa shape index (κ2) is 5.38. The number of aryl methyl sites for hydroxylation is 2. The summed E-state index contributed by atoms with van der Waals surface area (Å²) in [7, 11) is 0. The maximum Gasteiger partial charge on any atom is 0.136 e. The van der Waals surface area contributed by atoms with Crippen molar-refractivity contribution in [3.05, 3.63) is 52.3 Å². The average molecular weight is 264 g/mol. The number of nitrogens with zero attached hydrogens (tertiary/aromatic N) is 1. The lowest BCUT2D eigenvalue weighted by Gasteiger charge is -2.14. The normalized spacial score (nSPS) is 10.4. The Balaban J connectivity index is 2.40. The molecule has 1 aromatic heterocycles. The number of aliphatic hydroxyl groups is 1. The molecule has 2 rings (SSSR count). The van der Waals surface area contributed by atoms with Gasteiger partial charge in [0.1, 0.15) is 11.5 Å². The third-order valence-electron chi connectivity index (χ3n) is 2.67. The van der Waals surface area contributed by atoms with Crippen LogP contribution in [0.4, 0.5) is 0 Å². The van der Waals surface area contributed by atoms with E-state index in [0.29, 0.717) is 16.3 Å². The summed E-state index contributed by atoms with van der Waals surface area (Å²) in [4.78, 5) is 3.96. The molecule has 3 nitrogen and oxygen atoms in total. The largest absolute Gasteiger partial charge is 0.456 e. The first-order valence-electron chi connectivity index (χ1n) is 5.60. The molecule has 18 heavy (non-hydrogen) atoms. The van der Waals surface area contributed by atoms with Gasteiger partial charge in [0.25, 0.3) is 0 Å². The third-order valence-corrected chi connectivity index (χ3v) is 2.88. The number of aliphatic hydroxyl groups excluding tert-OH is 1. The van der Waals surface area contributed by atoms with E-state index in [4.69, 9.17) is 16.3 Å². The van der Waals surface area contributed by atoms with Gasteiger partial charge in [-0.25, -0.2) is 0 Å². The van der Waals surface area contributed by atoms with Gasteiger partial charge in [-0.2, -0.15) is 0 Å². The molecule has 0 fully saturated rings. The van der Waals surface area contributed by atoms with E-state index in [-0.39, 0.29) is 6.61 Å². The molecule has 0 radical (unpaired) electrons. The zero-order valence-electron chi connectivity index (χ0n) is 10.3. The summed E-state index contributed by atoms with van der Waals surface area (Å²) in [6.45, 7) is 3.77. The van der Waals surface area contributed by atoms with E-state index in [1.165, 1.54) is 0 Å². The minimum Gasteiger partial charge on any atom is -0.456 e. The Bertz CT molecular complexity index is 546. The zero-order chi connectivity index (χ0) is 13.1. The third kappa shape index (κ3) is 2.63. The summed E-state index contributed by atoms with van der Waals surface area (Å²) in [5, 5.41) is 9.93. The van der Waals surface area contributed by atoms with Crippen LogP contribution in [-0.2, 0) is 6.61 Å². The topological polar surface area (TPSA) is 42.4 Å². The van der Waals surface area contributed by atoms with Crippen LogP contribution in [-0.4, -0.2) is 10.1 Å². The van der Waals surface area contributed by atoms with Gasteiger partial charge in [0.15, 0.2) is 0 Å². The number of rotatable bonds is 3. The second-order valence-corrected chi connectivity index (χ2v) is 4.55. The van der Waals surface area contributed by atoms with Crippen LogP contribution in [0.2, 0.25) is 5.02 Å². The molecule has 0 saturated carbocycles. The standard InChI is InChI=1S/C14H14ClNO2/c1-9-5-12(15)6-10(2)14(9)18-13-3-4-16-7-11(13)8-17/h3-7,17H,8H2,1-2H3. The average Bonchev–Trinajstić information content (AvgIpc) is 2.34. The van der Waals surface area contributed by atoms with Gasteiger partial charge in [0.2, 0.25) is 0 Å². The van der Waals surface area contributed by atoms with E-state index >= 15 is 0 Å². The van der Waals surface area contributed by atoms with Crippen LogP contribution >= 0.6 is 11.6 Å². The molecule has 4 heteroatoms. The highest BCUT2D eigenvalue weighted by Crippen LogP contribution is 2.32. The number of aromatic nitrogens is 1. The maximum absolute atomic E-state index is 9.24. The number of hydrogen-bond donors (Lipinski definition) is 1. The molecule has 0 bridgehead atoms. The van der Waals surface area contributed by atoms with E-state index in [2.05, 4.69) is 4.98 Å². The minimum absolute atomic E-state index is 0.102. The van der Waals surface area contributed by atoms with E-state index in [1.807, 2.05) is 26.0 Å². The van der Waals surface area contributed by atoms with Gasteiger partial charge in [-0.3, -0.25) is 4.98 Å². The summed E-state index contributed by atoms with van der Waals surface area (Å²) >= 11 is 5.98. The number of benzene rings is 1. The molecule has 1 aromatic carbocycles. The van der Waals surface area contributed by atoms with Crippen LogP contribution in [0.5, 0.6) is 11.5 Å². The van der Waals surface area contributed by atoms with Crippen molar-refractivity contribution in [2.75, 3.05) is 0 Å². The fourth-order valence-corrected chi connectivity index (χ4v) is 2.13. The molecular formula is C14H14ClNO2. The van der Waals surface area contributed by atoms with Crippen molar-refractivity contribution < 1.29 is 9.84 Å². The van der Waals surface area contributed by atoms with Crippen LogP contribution in [0.1, 0.15) is 16.7 Å². The van der Waals surface area contributed by atoms with Crippen molar-refractivity contribution in [1.29, 1.82) is 0 Å². The lowest BCUT2D eigenvalue weighted by atomic mass is 10.1. The zero-order valence-corrected chi connectivity index (χ0v) is 11.0. The van der Waals surface area contributed by atoms with Crippen LogP contribution in [0.25, 0.3) is 0 Å². The van der Waals surface area contributed by atoms with Crippen molar-refractivity contribution in [1.82, 2.24) is 4.98 Å². The Morgan fingerprint density at radius 3 is 2.56 bits per heavy atom. The van der Waals surface area contributed by atoms with Crippen LogP contribution in [0.15, 0.2) is 30.6 Å². The Labute approximate surface area is 111 Å². The van der Waals surface area contributed by atoms with Crippen LogP contribution < -0.4 is 4.74 Å². The van der Waals surface area contributed by atoms with Gasteiger partial charge in [-0.1, -0.05) is 11.6 Å². The first kappa shape index (κ1) is 12.9. The number of ether oxygens (including phenoxy) is 1. The van der Waals surface area contributed by atoms with Crippen molar-refractivity contribution in [3.8, 4) is 11.5 Å². The Morgan fingerprint density at radius 1 is 1.28 bits per heavy atom. The van der Waals surface area contributed by atoms with Gasteiger partial charge in [0, 0.05) is 23.0 Å². The maximum atomic E-state index is 9.24. The molecule has 0 aliphatic carbocycles.